The van der Waals surface area contributed by atoms with Crippen molar-refractivity contribution in [1.82, 2.24) is 15.0 Å². The molecule has 2 N–H and O–H groups in total. The van der Waals surface area contributed by atoms with Crippen molar-refractivity contribution in [1.29, 1.82) is 0 Å². The standard InChI is InChI=1S/C24H19N5O/c1-2-7-17(8-3-1)21-15-22(26-16-19-11-6-14-30-19)29-24(28-21)27-20-12-4-9-18-10-5-13-25-23(18)20/h1-15H,16H2,(H2,26,27,28,29). The summed E-state index contributed by atoms with van der Waals surface area (Å²) in [4.78, 5) is 13.9. The zero-order valence-corrected chi connectivity index (χ0v) is 16.1. The molecule has 0 saturated carbocycles. The molecule has 6 heteroatoms. The fraction of sp³-hybridized carbons (Fsp3) is 0.0417. The molecular weight excluding hydrogens is 374 g/mol. The van der Waals surface area contributed by atoms with E-state index in [0.29, 0.717) is 18.3 Å². The molecule has 0 amide bonds. The Labute approximate surface area is 173 Å². The van der Waals surface area contributed by atoms with Crippen molar-refractivity contribution in [2.75, 3.05) is 10.6 Å². The lowest BCUT2D eigenvalue weighted by Crippen LogP contribution is -2.05. The van der Waals surface area contributed by atoms with Crippen molar-refractivity contribution in [2.45, 2.75) is 6.54 Å². The van der Waals surface area contributed by atoms with Gasteiger partial charge in [0.05, 0.1) is 29.7 Å². The van der Waals surface area contributed by atoms with Crippen molar-refractivity contribution < 1.29 is 4.42 Å². The van der Waals surface area contributed by atoms with Crippen molar-refractivity contribution >= 4 is 28.4 Å². The van der Waals surface area contributed by atoms with Gasteiger partial charge in [-0.3, -0.25) is 4.98 Å². The lowest BCUT2D eigenvalue weighted by atomic mass is 10.1. The molecule has 3 aromatic heterocycles. The normalized spacial score (nSPS) is 10.8. The van der Waals surface area contributed by atoms with Crippen LogP contribution in [-0.4, -0.2) is 15.0 Å². The number of para-hydroxylation sites is 1. The summed E-state index contributed by atoms with van der Waals surface area (Å²) >= 11 is 0. The SMILES string of the molecule is c1ccc(-c2cc(NCc3ccco3)nc(Nc3cccc4cccnc34)n2)cc1. The minimum atomic E-state index is 0.497. The van der Waals surface area contributed by atoms with Gasteiger partial charge in [-0.25, -0.2) is 4.98 Å². The molecule has 0 spiro atoms. The first-order valence-electron chi connectivity index (χ1n) is 9.67. The van der Waals surface area contributed by atoms with Crippen LogP contribution in [0.15, 0.2) is 95.7 Å². The van der Waals surface area contributed by atoms with E-state index in [1.165, 1.54) is 0 Å². The Bertz CT molecular complexity index is 1260. The molecule has 0 saturated heterocycles. The molecule has 0 aliphatic heterocycles. The van der Waals surface area contributed by atoms with Gasteiger partial charge in [0.2, 0.25) is 5.95 Å². The summed E-state index contributed by atoms with van der Waals surface area (Å²) in [6.45, 7) is 0.535. The summed E-state index contributed by atoms with van der Waals surface area (Å²) in [7, 11) is 0. The Balaban J connectivity index is 1.52. The highest BCUT2D eigenvalue weighted by Gasteiger charge is 2.10. The average Bonchev–Trinajstić information content (AvgIpc) is 3.32. The number of hydrogen-bond donors (Lipinski definition) is 2. The second-order valence-corrected chi connectivity index (χ2v) is 6.77. The van der Waals surface area contributed by atoms with Gasteiger partial charge in [-0.05, 0) is 24.3 Å². The van der Waals surface area contributed by atoms with Crippen molar-refractivity contribution in [3.8, 4) is 11.3 Å². The van der Waals surface area contributed by atoms with Crippen LogP contribution in [0.2, 0.25) is 0 Å². The van der Waals surface area contributed by atoms with Crippen molar-refractivity contribution in [3.05, 3.63) is 97.1 Å². The number of aromatic nitrogens is 3. The maximum atomic E-state index is 5.41. The highest BCUT2D eigenvalue weighted by Crippen LogP contribution is 2.26. The summed E-state index contributed by atoms with van der Waals surface area (Å²) in [5, 5.41) is 7.72. The molecule has 3 heterocycles. The van der Waals surface area contributed by atoms with Gasteiger partial charge >= 0.3 is 0 Å². The van der Waals surface area contributed by atoms with E-state index in [0.717, 1.165) is 33.6 Å². The zero-order chi connectivity index (χ0) is 20.2. The van der Waals surface area contributed by atoms with Crippen LogP contribution in [-0.2, 0) is 6.54 Å². The van der Waals surface area contributed by atoms with E-state index >= 15 is 0 Å². The van der Waals surface area contributed by atoms with Gasteiger partial charge in [0.25, 0.3) is 0 Å². The van der Waals surface area contributed by atoms with Crippen LogP contribution in [0.5, 0.6) is 0 Å². The minimum absolute atomic E-state index is 0.497. The van der Waals surface area contributed by atoms with Gasteiger partial charge in [-0.15, -0.1) is 0 Å². The fourth-order valence-electron chi connectivity index (χ4n) is 3.27. The fourth-order valence-corrected chi connectivity index (χ4v) is 3.27. The third kappa shape index (κ3) is 3.84. The molecule has 0 aliphatic carbocycles. The molecule has 0 atom stereocenters. The highest BCUT2D eigenvalue weighted by atomic mass is 16.3. The minimum Gasteiger partial charge on any atom is -0.467 e. The summed E-state index contributed by atoms with van der Waals surface area (Å²) in [5.41, 5.74) is 3.57. The van der Waals surface area contributed by atoms with Crippen LogP contribution >= 0.6 is 0 Å². The third-order valence-corrected chi connectivity index (χ3v) is 4.70. The van der Waals surface area contributed by atoms with Crippen LogP contribution in [0.1, 0.15) is 5.76 Å². The molecule has 0 radical (unpaired) electrons. The number of rotatable bonds is 6. The number of nitrogens with one attached hydrogen (secondary N) is 2. The van der Waals surface area contributed by atoms with E-state index in [4.69, 9.17) is 9.40 Å². The largest absolute Gasteiger partial charge is 0.467 e. The smallest absolute Gasteiger partial charge is 0.229 e. The number of fused-ring (bicyclic) bond motifs is 1. The predicted octanol–water partition coefficient (Wildman–Crippen LogP) is 5.64. The van der Waals surface area contributed by atoms with Gasteiger partial charge < -0.3 is 15.1 Å². The molecule has 5 aromatic rings. The van der Waals surface area contributed by atoms with E-state index in [9.17, 15) is 0 Å². The van der Waals surface area contributed by atoms with E-state index in [2.05, 4.69) is 20.6 Å². The number of pyridine rings is 1. The number of benzene rings is 2. The van der Waals surface area contributed by atoms with Crippen LogP contribution in [0.25, 0.3) is 22.2 Å². The number of nitrogens with zero attached hydrogens (tertiary/aromatic N) is 3. The van der Waals surface area contributed by atoms with Gasteiger partial charge in [0.15, 0.2) is 0 Å². The van der Waals surface area contributed by atoms with Crippen LogP contribution in [0, 0.1) is 0 Å². The zero-order valence-electron chi connectivity index (χ0n) is 16.1. The number of anilines is 3. The summed E-state index contributed by atoms with van der Waals surface area (Å²) in [5.74, 6) is 2.04. The molecule has 6 nitrogen and oxygen atoms in total. The molecule has 0 aliphatic rings. The predicted molar refractivity (Wildman–Crippen MR) is 119 cm³/mol. The topological polar surface area (TPSA) is 75.9 Å². The van der Waals surface area contributed by atoms with E-state index in [-0.39, 0.29) is 0 Å². The lowest BCUT2D eigenvalue weighted by molar-refractivity contribution is 0.518. The monoisotopic (exact) mass is 393 g/mol. The van der Waals surface area contributed by atoms with Gasteiger partial charge in [-0.1, -0.05) is 48.5 Å². The van der Waals surface area contributed by atoms with Gasteiger partial charge in [-0.2, -0.15) is 4.98 Å². The number of hydrogen-bond acceptors (Lipinski definition) is 6. The summed E-state index contributed by atoms with van der Waals surface area (Å²) in [6, 6.07) is 25.7. The Morgan fingerprint density at radius 2 is 1.73 bits per heavy atom. The van der Waals surface area contributed by atoms with Gasteiger partial charge in [0, 0.05) is 23.2 Å². The molecule has 5 rings (SSSR count). The Hall–Kier alpha value is -4.19. The lowest BCUT2D eigenvalue weighted by Gasteiger charge is -2.12. The van der Waals surface area contributed by atoms with Crippen LogP contribution in [0.4, 0.5) is 17.5 Å². The molecule has 0 unspecified atom stereocenters. The molecular formula is C24H19N5O. The second kappa shape index (κ2) is 8.05. The van der Waals surface area contributed by atoms with Crippen molar-refractivity contribution in [3.63, 3.8) is 0 Å². The van der Waals surface area contributed by atoms with Crippen LogP contribution in [0.3, 0.4) is 0 Å². The second-order valence-electron chi connectivity index (χ2n) is 6.77. The number of furan rings is 1. The maximum Gasteiger partial charge on any atom is 0.229 e. The highest BCUT2D eigenvalue weighted by molar-refractivity contribution is 5.91. The molecule has 0 bridgehead atoms. The molecule has 146 valence electrons. The summed E-state index contributed by atoms with van der Waals surface area (Å²) in [6.07, 6.45) is 3.44. The quantitative estimate of drug-likeness (QED) is 0.389. The third-order valence-electron chi connectivity index (χ3n) is 4.70. The van der Waals surface area contributed by atoms with E-state index in [1.54, 1.807) is 12.5 Å². The van der Waals surface area contributed by atoms with Crippen LogP contribution < -0.4 is 10.6 Å². The molecule has 2 aromatic carbocycles. The van der Waals surface area contributed by atoms with Gasteiger partial charge in [0.1, 0.15) is 11.6 Å². The van der Waals surface area contributed by atoms with E-state index < -0.39 is 0 Å². The molecule has 0 fully saturated rings. The first-order chi connectivity index (χ1) is 14.8. The van der Waals surface area contributed by atoms with E-state index in [1.807, 2.05) is 78.9 Å². The Morgan fingerprint density at radius 3 is 2.60 bits per heavy atom. The Morgan fingerprint density at radius 1 is 0.833 bits per heavy atom. The summed E-state index contributed by atoms with van der Waals surface area (Å²) < 4.78 is 5.41. The average molecular weight is 393 g/mol. The Kier molecular flexibility index (Phi) is 4.79. The first kappa shape index (κ1) is 17.9. The first-order valence-corrected chi connectivity index (χ1v) is 9.67. The molecule has 30 heavy (non-hydrogen) atoms. The maximum absolute atomic E-state index is 5.41. The van der Waals surface area contributed by atoms with Crippen molar-refractivity contribution in [2.24, 2.45) is 0 Å².